The lowest BCUT2D eigenvalue weighted by atomic mass is 10.1. The van der Waals surface area contributed by atoms with Crippen molar-refractivity contribution in [3.63, 3.8) is 0 Å². The minimum Gasteiger partial charge on any atom is -0.341 e. The summed E-state index contributed by atoms with van der Waals surface area (Å²) in [6, 6.07) is 8.58. The average Bonchev–Trinajstić information content (AvgIpc) is 3.17. The first-order valence-electron chi connectivity index (χ1n) is 10.1. The molecule has 10 nitrogen and oxygen atoms in total. The van der Waals surface area contributed by atoms with Gasteiger partial charge >= 0.3 is 11.7 Å². The Bertz CT molecular complexity index is 1210. The van der Waals surface area contributed by atoms with E-state index in [0.29, 0.717) is 12.5 Å². The number of fused-ring (bicyclic) bond motifs is 1. The van der Waals surface area contributed by atoms with Crippen LogP contribution in [0.2, 0.25) is 0 Å². The molecule has 0 aliphatic rings. The number of aromatic nitrogens is 4. The van der Waals surface area contributed by atoms with Crippen LogP contribution in [0.3, 0.4) is 0 Å². The van der Waals surface area contributed by atoms with Crippen LogP contribution in [0.4, 0.5) is 4.79 Å². The predicted molar refractivity (Wildman–Crippen MR) is 116 cm³/mol. The Labute approximate surface area is 178 Å². The number of rotatable bonds is 7. The van der Waals surface area contributed by atoms with Crippen LogP contribution in [-0.2, 0) is 24.4 Å². The Morgan fingerprint density at radius 1 is 1.10 bits per heavy atom. The number of imide groups is 1. The maximum absolute atomic E-state index is 13.2. The highest BCUT2D eigenvalue weighted by atomic mass is 16.2. The molecular formula is C21H26N6O4. The smallest absolute Gasteiger partial charge is 0.333 e. The minimum absolute atomic E-state index is 0.189. The van der Waals surface area contributed by atoms with Gasteiger partial charge in [-0.25, -0.2) is 19.1 Å². The second-order valence-electron chi connectivity index (χ2n) is 7.67. The largest absolute Gasteiger partial charge is 0.341 e. The van der Waals surface area contributed by atoms with Crippen molar-refractivity contribution >= 4 is 23.1 Å². The summed E-state index contributed by atoms with van der Waals surface area (Å²) in [5.74, 6) is -0.356. The Kier molecular flexibility index (Phi) is 6.68. The molecule has 2 aromatic heterocycles. The lowest BCUT2D eigenvalue weighted by molar-refractivity contribution is -0.120. The van der Waals surface area contributed by atoms with Gasteiger partial charge in [-0.2, -0.15) is 0 Å². The molecule has 0 atom stereocenters. The molecule has 31 heavy (non-hydrogen) atoms. The Balaban J connectivity index is 2.13. The zero-order valence-electron chi connectivity index (χ0n) is 17.8. The van der Waals surface area contributed by atoms with Crippen LogP contribution in [0.25, 0.3) is 11.2 Å². The van der Waals surface area contributed by atoms with Crippen molar-refractivity contribution in [3.05, 3.63) is 63.1 Å². The number of aryl methyl sites for hydroxylation is 1. The van der Waals surface area contributed by atoms with Gasteiger partial charge in [0.05, 0.1) is 12.9 Å². The number of amides is 3. The van der Waals surface area contributed by atoms with Crippen LogP contribution in [0.1, 0.15) is 25.8 Å². The minimum atomic E-state index is -0.766. The second-order valence-corrected chi connectivity index (χ2v) is 7.67. The van der Waals surface area contributed by atoms with Crippen molar-refractivity contribution in [1.82, 2.24) is 29.3 Å². The van der Waals surface area contributed by atoms with Crippen LogP contribution in [0.5, 0.6) is 0 Å². The number of hydrogen-bond donors (Lipinski definition) is 2. The van der Waals surface area contributed by atoms with Crippen LogP contribution >= 0.6 is 0 Å². The molecule has 1 aromatic carbocycles. The number of carbonyl (C=O) groups excluding carboxylic acids is 2. The van der Waals surface area contributed by atoms with Crippen LogP contribution in [-0.4, -0.2) is 37.7 Å². The third-order valence-electron chi connectivity index (χ3n) is 4.90. The third-order valence-corrected chi connectivity index (χ3v) is 4.90. The van der Waals surface area contributed by atoms with E-state index in [1.165, 1.54) is 11.6 Å². The first-order valence-corrected chi connectivity index (χ1v) is 10.1. The highest BCUT2D eigenvalue weighted by Gasteiger charge is 2.20. The molecule has 0 fully saturated rings. The van der Waals surface area contributed by atoms with Crippen molar-refractivity contribution in [1.29, 1.82) is 0 Å². The Morgan fingerprint density at radius 3 is 2.45 bits per heavy atom. The van der Waals surface area contributed by atoms with E-state index >= 15 is 0 Å². The molecule has 0 saturated heterocycles. The Morgan fingerprint density at radius 2 is 1.81 bits per heavy atom. The summed E-state index contributed by atoms with van der Waals surface area (Å²) in [5, 5.41) is 4.34. The molecule has 0 spiro atoms. The van der Waals surface area contributed by atoms with E-state index in [4.69, 9.17) is 0 Å². The van der Waals surface area contributed by atoms with Gasteiger partial charge in [-0.1, -0.05) is 44.2 Å². The third kappa shape index (κ3) is 4.90. The maximum atomic E-state index is 13.2. The summed E-state index contributed by atoms with van der Waals surface area (Å²) in [4.78, 5) is 54.4. The monoisotopic (exact) mass is 426 g/mol. The van der Waals surface area contributed by atoms with Gasteiger partial charge in [-0.3, -0.25) is 19.5 Å². The molecule has 0 bridgehead atoms. The zero-order chi connectivity index (χ0) is 22.5. The summed E-state index contributed by atoms with van der Waals surface area (Å²) in [5.41, 5.74) is 0.0947. The van der Waals surface area contributed by atoms with Gasteiger partial charge in [0.1, 0.15) is 6.54 Å². The van der Waals surface area contributed by atoms with E-state index in [2.05, 4.69) is 29.5 Å². The van der Waals surface area contributed by atoms with Gasteiger partial charge in [0.2, 0.25) is 5.91 Å². The molecule has 0 aliphatic carbocycles. The summed E-state index contributed by atoms with van der Waals surface area (Å²) in [7, 11) is 1.36. The highest BCUT2D eigenvalue weighted by Crippen LogP contribution is 2.12. The number of carbonyl (C=O) groups is 2. The zero-order valence-corrected chi connectivity index (χ0v) is 17.8. The lowest BCUT2D eigenvalue weighted by Gasteiger charge is -2.13. The molecule has 0 aliphatic heterocycles. The molecule has 0 radical (unpaired) electrons. The van der Waals surface area contributed by atoms with Crippen molar-refractivity contribution in [3.8, 4) is 0 Å². The molecule has 2 heterocycles. The van der Waals surface area contributed by atoms with Gasteiger partial charge in [-0.05, 0) is 17.9 Å². The molecule has 3 amide bonds. The number of hydrogen-bond acceptors (Lipinski definition) is 5. The molecule has 2 N–H and O–H groups in total. The quantitative estimate of drug-likeness (QED) is 0.582. The fraction of sp³-hybridized carbons (Fsp3) is 0.381. The lowest BCUT2D eigenvalue weighted by Crippen LogP contribution is -2.46. The molecule has 3 aromatic rings. The normalized spacial score (nSPS) is 11.1. The average molecular weight is 426 g/mol. The van der Waals surface area contributed by atoms with Gasteiger partial charge in [-0.15, -0.1) is 0 Å². The summed E-state index contributed by atoms with van der Waals surface area (Å²) in [6.07, 6.45) is 2.37. The van der Waals surface area contributed by atoms with E-state index in [9.17, 15) is 19.2 Å². The molecule has 0 saturated carbocycles. The molecular weight excluding hydrogens is 400 g/mol. The van der Waals surface area contributed by atoms with Crippen LogP contribution < -0.4 is 21.9 Å². The highest BCUT2D eigenvalue weighted by molar-refractivity contribution is 5.94. The first-order chi connectivity index (χ1) is 14.8. The molecule has 0 unspecified atom stereocenters. The van der Waals surface area contributed by atoms with Gasteiger partial charge in [0.15, 0.2) is 11.2 Å². The van der Waals surface area contributed by atoms with Gasteiger partial charge < -0.3 is 9.88 Å². The van der Waals surface area contributed by atoms with Crippen LogP contribution in [0, 0.1) is 5.92 Å². The predicted octanol–water partition coefficient (Wildman–Crippen LogP) is 0.910. The van der Waals surface area contributed by atoms with Gasteiger partial charge in [0, 0.05) is 13.6 Å². The van der Waals surface area contributed by atoms with E-state index in [1.54, 1.807) is 10.9 Å². The molecule has 3 rings (SSSR count). The van der Waals surface area contributed by atoms with E-state index in [1.807, 2.05) is 30.3 Å². The number of nitrogens with one attached hydrogen (secondary N) is 2. The second kappa shape index (κ2) is 9.41. The number of nitrogens with zero attached hydrogens (tertiary/aromatic N) is 4. The van der Waals surface area contributed by atoms with Gasteiger partial charge in [0.25, 0.3) is 5.56 Å². The fourth-order valence-electron chi connectivity index (χ4n) is 3.23. The van der Waals surface area contributed by atoms with Crippen molar-refractivity contribution in [2.45, 2.75) is 39.9 Å². The Hall–Kier alpha value is -3.69. The first kappa shape index (κ1) is 22.0. The molecule has 164 valence electrons. The van der Waals surface area contributed by atoms with Crippen molar-refractivity contribution in [2.24, 2.45) is 5.92 Å². The number of benzene rings is 1. The summed E-state index contributed by atoms with van der Waals surface area (Å²) in [6.45, 7) is 4.31. The van der Waals surface area contributed by atoms with Crippen molar-refractivity contribution < 1.29 is 9.59 Å². The number of urea groups is 1. The number of imidazole rings is 1. The summed E-state index contributed by atoms with van der Waals surface area (Å²) < 4.78 is 3.94. The van der Waals surface area contributed by atoms with E-state index < -0.39 is 29.7 Å². The van der Waals surface area contributed by atoms with E-state index in [-0.39, 0.29) is 17.7 Å². The van der Waals surface area contributed by atoms with Crippen LogP contribution in [0.15, 0.2) is 46.2 Å². The topological polar surface area (TPSA) is 120 Å². The van der Waals surface area contributed by atoms with Crippen molar-refractivity contribution in [2.75, 3.05) is 7.05 Å². The van der Waals surface area contributed by atoms with E-state index in [0.717, 1.165) is 16.6 Å². The SMILES string of the molecule is CNC(=O)NC(=O)Cn1c(=O)c2c(ncn2CCC(C)C)n(Cc2ccccc2)c1=O. The summed E-state index contributed by atoms with van der Waals surface area (Å²) >= 11 is 0. The maximum Gasteiger partial charge on any atom is 0.333 e. The fourth-order valence-corrected chi connectivity index (χ4v) is 3.23. The standard InChI is InChI=1S/C21H26N6O4/c1-14(2)9-10-25-13-23-18-17(25)19(29)27(12-16(28)24-20(30)22-3)21(31)26(18)11-15-7-5-4-6-8-15/h4-8,13-14H,9-12H2,1-3H3,(H2,22,24,28,30). The molecule has 10 heteroatoms.